The van der Waals surface area contributed by atoms with Crippen molar-refractivity contribution in [2.24, 2.45) is 0 Å². The lowest BCUT2D eigenvalue weighted by atomic mass is 10.2. The molecule has 0 spiro atoms. The normalized spacial score (nSPS) is 10.4. The van der Waals surface area contributed by atoms with Gasteiger partial charge in [-0.1, -0.05) is 12.1 Å². The number of carbonyl (C=O) groups excluding carboxylic acids is 1. The summed E-state index contributed by atoms with van der Waals surface area (Å²) in [6, 6.07) is 1.74. The number of anilines is 1. The monoisotopic (exact) mass is 353 g/mol. The van der Waals surface area contributed by atoms with E-state index in [0.717, 1.165) is 17.4 Å². The van der Waals surface area contributed by atoms with Gasteiger partial charge in [-0.2, -0.15) is 4.98 Å². The molecular formula is C13H16BrN5O2. The molecule has 0 fully saturated rings. The van der Waals surface area contributed by atoms with Crippen LogP contribution >= 0.6 is 15.9 Å². The Balaban J connectivity index is 1.98. The summed E-state index contributed by atoms with van der Waals surface area (Å²) in [7, 11) is 0. The minimum Gasteiger partial charge on any atom is -0.369 e. The van der Waals surface area contributed by atoms with Crippen LogP contribution in [0.5, 0.6) is 0 Å². The molecule has 2 rings (SSSR count). The Labute approximate surface area is 130 Å². The van der Waals surface area contributed by atoms with Crippen molar-refractivity contribution in [1.82, 2.24) is 20.4 Å². The van der Waals surface area contributed by atoms with Gasteiger partial charge in [0.25, 0.3) is 5.91 Å². The molecule has 2 N–H and O–H groups in total. The summed E-state index contributed by atoms with van der Waals surface area (Å²) < 4.78 is 5.63. The second-order valence-electron chi connectivity index (χ2n) is 4.32. The van der Waals surface area contributed by atoms with Crippen molar-refractivity contribution in [3.05, 3.63) is 34.5 Å². The van der Waals surface area contributed by atoms with Crippen LogP contribution in [0.2, 0.25) is 0 Å². The molecule has 0 bridgehead atoms. The molecule has 0 aromatic carbocycles. The van der Waals surface area contributed by atoms with Crippen LogP contribution in [0.25, 0.3) is 0 Å². The first-order valence-electron chi connectivity index (χ1n) is 6.64. The second kappa shape index (κ2) is 7.72. The van der Waals surface area contributed by atoms with E-state index in [1.165, 1.54) is 6.33 Å². The molecule has 112 valence electrons. The summed E-state index contributed by atoms with van der Waals surface area (Å²) in [5.74, 6) is 0.879. The Morgan fingerprint density at radius 3 is 2.95 bits per heavy atom. The molecule has 0 saturated heterocycles. The maximum atomic E-state index is 12.2. The standard InChI is InChI=1S/C13H16BrN5O2/c1-2-4-15-12-10(6-9(14)7-17-12)13(20)16-5-3-11-18-8-19-21-11/h6-8H,2-5H2,1H3,(H,15,17)(H,16,20). The Bertz CT molecular complexity index is 588. The predicted molar refractivity (Wildman–Crippen MR) is 81.1 cm³/mol. The van der Waals surface area contributed by atoms with Crippen LogP contribution < -0.4 is 10.6 Å². The van der Waals surface area contributed by atoms with Gasteiger partial charge in [0, 0.05) is 30.2 Å². The topological polar surface area (TPSA) is 92.9 Å². The summed E-state index contributed by atoms with van der Waals surface area (Å²) in [6.07, 6.45) is 4.44. The van der Waals surface area contributed by atoms with E-state index in [-0.39, 0.29) is 5.91 Å². The number of hydrogen-bond acceptors (Lipinski definition) is 6. The number of amides is 1. The first-order chi connectivity index (χ1) is 10.2. The molecule has 0 atom stereocenters. The number of nitrogens with one attached hydrogen (secondary N) is 2. The van der Waals surface area contributed by atoms with E-state index in [1.807, 2.05) is 0 Å². The number of pyridine rings is 1. The highest BCUT2D eigenvalue weighted by atomic mass is 79.9. The zero-order valence-electron chi connectivity index (χ0n) is 11.6. The van der Waals surface area contributed by atoms with Crippen LogP contribution in [-0.2, 0) is 6.42 Å². The van der Waals surface area contributed by atoms with E-state index >= 15 is 0 Å². The van der Waals surface area contributed by atoms with Crippen molar-refractivity contribution in [1.29, 1.82) is 0 Å². The second-order valence-corrected chi connectivity index (χ2v) is 5.23. The molecule has 0 aliphatic heterocycles. The molecule has 2 aromatic heterocycles. The van der Waals surface area contributed by atoms with E-state index in [0.29, 0.717) is 30.2 Å². The van der Waals surface area contributed by atoms with Gasteiger partial charge in [-0.05, 0) is 28.4 Å². The molecule has 0 aliphatic rings. The lowest BCUT2D eigenvalue weighted by Gasteiger charge is -2.10. The van der Waals surface area contributed by atoms with Gasteiger partial charge in [0.1, 0.15) is 5.82 Å². The molecule has 0 unspecified atom stereocenters. The fourth-order valence-electron chi connectivity index (χ4n) is 1.68. The molecule has 0 aliphatic carbocycles. The minimum atomic E-state index is -0.193. The van der Waals surface area contributed by atoms with Crippen molar-refractivity contribution >= 4 is 27.7 Å². The Morgan fingerprint density at radius 2 is 2.24 bits per heavy atom. The highest BCUT2D eigenvalue weighted by molar-refractivity contribution is 9.10. The third-order valence-electron chi connectivity index (χ3n) is 2.67. The third-order valence-corrected chi connectivity index (χ3v) is 3.11. The van der Waals surface area contributed by atoms with E-state index in [1.54, 1.807) is 12.3 Å². The number of nitrogens with zero attached hydrogens (tertiary/aromatic N) is 3. The van der Waals surface area contributed by atoms with Crippen molar-refractivity contribution < 1.29 is 9.32 Å². The zero-order valence-corrected chi connectivity index (χ0v) is 13.2. The van der Waals surface area contributed by atoms with Gasteiger partial charge >= 0.3 is 0 Å². The average Bonchev–Trinajstić information content (AvgIpc) is 2.99. The fraction of sp³-hybridized carbons (Fsp3) is 0.385. The lowest BCUT2D eigenvalue weighted by molar-refractivity contribution is 0.0954. The van der Waals surface area contributed by atoms with E-state index in [2.05, 4.69) is 48.6 Å². The van der Waals surface area contributed by atoms with Gasteiger partial charge in [0.05, 0.1) is 5.56 Å². The maximum absolute atomic E-state index is 12.2. The summed E-state index contributed by atoms with van der Waals surface area (Å²) in [6.45, 7) is 3.23. The highest BCUT2D eigenvalue weighted by Gasteiger charge is 2.13. The Morgan fingerprint density at radius 1 is 1.38 bits per heavy atom. The smallest absolute Gasteiger partial charge is 0.255 e. The van der Waals surface area contributed by atoms with Crippen LogP contribution in [-0.4, -0.2) is 34.1 Å². The molecule has 8 heteroatoms. The Kier molecular flexibility index (Phi) is 5.68. The minimum absolute atomic E-state index is 0.193. The van der Waals surface area contributed by atoms with Gasteiger partial charge in [0.2, 0.25) is 5.89 Å². The molecule has 0 radical (unpaired) electrons. The summed E-state index contributed by atoms with van der Waals surface area (Å²) in [5, 5.41) is 9.47. The van der Waals surface area contributed by atoms with Gasteiger partial charge in [-0.25, -0.2) is 4.98 Å². The molecule has 2 aromatic rings. The van der Waals surface area contributed by atoms with E-state index in [4.69, 9.17) is 4.52 Å². The van der Waals surface area contributed by atoms with Crippen LogP contribution in [0.3, 0.4) is 0 Å². The van der Waals surface area contributed by atoms with Crippen molar-refractivity contribution in [2.45, 2.75) is 19.8 Å². The first kappa shape index (κ1) is 15.4. The molecule has 7 nitrogen and oxygen atoms in total. The molecule has 2 heterocycles. The van der Waals surface area contributed by atoms with Crippen molar-refractivity contribution in [3.63, 3.8) is 0 Å². The predicted octanol–water partition coefficient (Wildman–Crippen LogP) is 2.02. The summed E-state index contributed by atoms with van der Waals surface area (Å²) in [4.78, 5) is 20.4. The Hall–Kier alpha value is -1.96. The zero-order chi connectivity index (χ0) is 15.1. The number of carbonyl (C=O) groups is 1. The number of rotatable bonds is 7. The average molecular weight is 354 g/mol. The SMILES string of the molecule is CCCNc1ncc(Br)cc1C(=O)NCCc1ncno1. The van der Waals surface area contributed by atoms with Crippen LogP contribution in [0.4, 0.5) is 5.82 Å². The first-order valence-corrected chi connectivity index (χ1v) is 7.43. The quantitative estimate of drug-likeness (QED) is 0.790. The van der Waals surface area contributed by atoms with Gasteiger partial charge in [-0.3, -0.25) is 4.79 Å². The summed E-state index contributed by atoms with van der Waals surface area (Å²) in [5.41, 5.74) is 0.503. The molecule has 1 amide bonds. The van der Waals surface area contributed by atoms with E-state index < -0.39 is 0 Å². The van der Waals surface area contributed by atoms with E-state index in [9.17, 15) is 4.79 Å². The molecule has 21 heavy (non-hydrogen) atoms. The van der Waals surface area contributed by atoms with Crippen LogP contribution in [0.15, 0.2) is 27.6 Å². The van der Waals surface area contributed by atoms with Gasteiger partial charge in [-0.15, -0.1) is 0 Å². The fourth-order valence-corrected chi connectivity index (χ4v) is 2.01. The highest BCUT2D eigenvalue weighted by Crippen LogP contribution is 2.18. The molecule has 0 saturated carbocycles. The van der Waals surface area contributed by atoms with Crippen LogP contribution in [0, 0.1) is 0 Å². The van der Waals surface area contributed by atoms with Crippen LogP contribution in [0.1, 0.15) is 29.6 Å². The third kappa shape index (κ3) is 4.52. The lowest BCUT2D eigenvalue weighted by Crippen LogP contribution is -2.27. The largest absolute Gasteiger partial charge is 0.369 e. The van der Waals surface area contributed by atoms with Gasteiger partial charge < -0.3 is 15.2 Å². The number of hydrogen-bond donors (Lipinski definition) is 2. The van der Waals surface area contributed by atoms with Crippen molar-refractivity contribution in [2.75, 3.05) is 18.4 Å². The molecular weight excluding hydrogens is 338 g/mol. The summed E-state index contributed by atoms with van der Waals surface area (Å²) >= 11 is 3.33. The van der Waals surface area contributed by atoms with Crippen molar-refractivity contribution in [3.8, 4) is 0 Å². The maximum Gasteiger partial charge on any atom is 0.255 e. The number of aromatic nitrogens is 3. The van der Waals surface area contributed by atoms with Gasteiger partial charge in [0.15, 0.2) is 6.33 Å². The number of halogens is 1.